The molecule has 7 rings (SSSR count). The highest BCUT2D eigenvalue weighted by atomic mass is 19.4. The number of hydrogen-bond acceptors (Lipinski definition) is 3. The van der Waals surface area contributed by atoms with Gasteiger partial charge in [0.25, 0.3) is 0 Å². The zero-order valence-corrected chi connectivity index (χ0v) is 26.3. The largest absolute Gasteiger partial charge is 0.497 e. The molecule has 3 aromatic carbocycles. The van der Waals surface area contributed by atoms with Gasteiger partial charge in [-0.3, -0.25) is 4.90 Å². The molecule has 1 aliphatic heterocycles. The summed E-state index contributed by atoms with van der Waals surface area (Å²) in [5.41, 5.74) is -2.00. The standard InChI is InChI=1S/C36H32F9N3O/c1-49-27-10-9-23-14-31-28-4-2-3-11-33(28,29(23)18-27)12-13-47(31)20-21-5-7-22(8-6-21)30-19-32(36(43,44)45)46-48(30)26-16-24(34(37,38)39)15-25(17-26)35(40,41)42/h5-10,15-19,28,31H,2-4,11-14,20H2,1H3/t28-,31?,33+/m1/s1. The lowest BCUT2D eigenvalue weighted by atomic mass is 9.52. The summed E-state index contributed by atoms with van der Waals surface area (Å²) in [6.45, 7) is 1.44. The molecule has 3 aliphatic rings. The SMILES string of the molecule is COc1ccc2c(c1)[C@]13CCCC[C@@H]1C(C2)N(Cc1ccc(-c2cc(C(F)(F)F)nn2-c2cc(C(F)(F)F)cc(C(F)(F)F)c2)cc1)CC3. The van der Waals surface area contributed by atoms with Crippen LogP contribution in [0.3, 0.4) is 0 Å². The molecule has 2 bridgehead atoms. The number of likely N-dealkylation sites (tertiary alicyclic amines) is 1. The van der Waals surface area contributed by atoms with Crippen LogP contribution in [-0.2, 0) is 36.9 Å². The maximum Gasteiger partial charge on any atom is 0.435 e. The van der Waals surface area contributed by atoms with Crippen LogP contribution in [0.25, 0.3) is 16.9 Å². The number of alkyl halides is 9. The van der Waals surface area contributed by atoms with E-state index in [4.69, 9.17) is 4.74 Å². The Bertz CT molecular complexity index is 1830. The Morgan fingerprint density at radius 2 is 1.49 bits per heavy atom. The molecule has 2 fully saturated rings. The van der Waals surface area contributed by atoms with E-state index in [1.165, 1.54) is 29.7 Å². The second kappa shape index (κ2) is 11.8. The van der Waals surface area contributed by atoms with E-state index in [2.05, 4.69) is 22.1 Å². The molecule has 2 aliphatic carbocycles. The van der Waals surface area contributed by atoms with Gasteiger partial charge in [-0.25, -0.2) is 4.68 Å². The number of fused-ring (bicyclic) bond motifs is 1. The third-order valence-electron chi connectivity index (χ3n) is 10.6. The quantitative estimate of drug-likeness (QED) is 0.195. The van der Waals surface area contributed by atoms with Gasteiger partial charge in [0.15, 0.2) is 5.69 Å². The Morgan fingerprint density at radius 1 is 0.796 bits per heavy atom. The lowest BCUT2D eigenvalue weighted by Gasteiger charge is -2.59. The first-order chi connectivity index (χ1) is 23.1. The van der Waals surface area contributed by atoms with Crippen molar-refractivity contribution in [1.82, 2.24) is 14.7 Å². The predicted molar refractivity (Wildman–Crippen MR) is 163 cm³/mol. The number of hydrogen-bond donors (Lipinski definition) is 0. The zero-order chi connectivity index (χ0) is 34.9. The number of benzene rings is 3. The highest BCUT2D eigenvalue weighted by Crippen LogP contribution is 2.56. The first-order valence-electron chi connectivity index (χ1n) is 16.0. The highest BCUT2D eigenvalue weighted by molar-refractivity contribution is 5.64. The van der Waals surface area contributed by atoms with Crippen LogP contribution in [0.4, 0.5) is 39.5 Å². The third kappa shape index (κ3) is 6.08. The summed E-state index contributed by atoms with van der Waals surface area (Å²) >= 11 is 0. The van der Waals surface area contributed by atoms with Gasteiger partial charge in [0.1, 0.15) is 5.75 Å². The summed E-state index contributed by atoms with van der Waals surface area (Å²) in [7, 11) is 1.68. The van der Waals surface area contributed by atoms with Gasteiger partial charge in [-0.05, 0) is 91.2 Å². The number of aromatic nitrogens is 2. The van der Waals surface area contributed by atoms with Crippen LogP contribution in [0.1, 0.15) is 65.6 Å². The fourth-order valence-electron chi connectivity index (χ4n) is 8.39. The molecule has 49 heavy (non-hydrogen) atoms. The van der Waals surface area contributed by atoms with E-state index >= 15 is 0 Å². The summed E-state index contributed by atoms with van der Waals surface area (Å²) in [5.74, 6) is 1.33. The van der Waals surface area contributed by atoms with Crippen LogP contribution < -0.4 is 4.74 Å². The van der Waals surface area contributed by atoms with Gasteiger partial charge in [0.05, 0.1) is 29.6 Å². The van der Waals surface area contributed by atoms with Crippen LogP contribution in [0, 0.1) is 5.92 Å². The third-order valence-corrected chi connectivity index (χ3v) is 10.6. The van der Waals surface area contributed by atoms with E-state index in [0.29, 0.717) is 41.4 Å². The Morgan fingerprint density at radius 3 is 2.12 bits per heavy atom. The van der Waals surface area contributed by atoms with Crippen molar-refractivity contribution in [2.24, 2.45) is 5.92 Å². The average molecular weight is 694 g/mol. The van der Waals surface area contributed by atoms with Gasteiger partial charge < -0.3 is 4.74 Å². The smallest absolute Gasteiger partial charge is 0.435 e. The second-order valence-electron chi connectivity index (χ2n) is 13.3. The minimum Gasteiger partial charge on any atom is -0.497 e. The molecule has 0 spiro atoms. The van der Waals surface area contributed by atoms with Crippen LogP contribution in [-0.4, -0.2) is 34.4 Å². The van der Waals surface area contributed by atoms with Crippen molar-refractivity contribution < 1.29 is 44.3 Å². The van der Waals surface area contributed by atoms with Crippen LogP contribution in [0.5, 0.6) is 5.75 Å². The highest BCUT2D eigenvalue weighted by Gasteiger charge is 2.53. The molecular weight excluding hydrogens is 661 g/mol. The average Bonchev–Trinajstić information content (AvgIpc) is 3.52. The molecule has 0 radical (unpaired) electrons. The number of rotatable bonds is 5. The van der Waals surface area contributed by atoms with Crippen molar-refractivity contribution in [1.29, 1.82) is 0 Å². The van der Waals surface area contributed by atoms with Crippen LogP contribution in [0.15, 0.2) is 66.7 Å². The molecule has 4 aromatic rings. The zero-order valence-electron chi connectivity index (χ0n) is 26.3. The molecule has 260 valence electrons. The Balaban J connectivity index is 1.21. The Kier molecular flexibility index (Phi) is 8.07. The van der Waals surface area contributed by atoms with E-state index in [1.54, 1.807) is 19.2 Å². The first-order valence-corrected chi connectivity index (χ1v) is 16.0. The van der Waals surface area contributed by atoms with E-state index in [-0.39, 0.29) is 22.7 Å². The molecule has 0 amide bonds. The van der Waals surface area contributed by atoms with Crippen molar-refractivity contribution in [3.05, 3.63) is 100 Å². The summed E-state index contributed by atoms with van der Waals surface area (Å²) in [5, 5.41) is 3.43. The van der Waals surface area contributed by atoms with E-state index < -0.39 is 41.0 Å². The number of methoxy groups -OCH3 is 1. The molecular formula is C36H32F9N3O. The minimum absolute atomic E-state index is 0.0775. The Labute approximate surface area is 276 Å². The van der Waals surface area contributed by atoms with Crippen molar-refractivity contribution >= 4 is 0 Å². The minimum atomic E-state index is -5.18. The molecule has 1 aromatic heterocycles. The molecule has 4 nitrogen and oxygen atoms in total. The summed E-state index contributed by atoms with van der Waals surface area (Å²) in [6, 6.07) is 14.5. The molecule has 1 saturated heterocycles. The summed E-state index contributed by atoms with van der Waals surface area (Å²) < 4.78 is 129. The normalized spacial score (nSPS) is 22.8. The van der Waals surface area contributed by atoms with E-state index in [0.717, 1.165) is 50.0 Å². The summed E-state index contributed by atoms with van der Waals surface area (Å²) in [6.07, 6.45) is -8.91. The van der Waals surface area contributed by atoms with Gasteiger partial charge in [0, 0.05) is 23.6 Å². The number of nitrogens with zero attached hydrogens (tertiary/aromatic N) is 3. The maximum atomic E-state index is 13.8. The number of piperidine rings is 1. The molecule has 0 N–H and O–H groups in total. The van der Waals surface area contributed by atoms with Gasteiger partial charge in [-0.15, -0.1) is 0 Å². The molecule has 3 atom stereocenters. The molecule has 2 heterocycles. The van der Waals surface area contributed by atoms with E-state index in [1.807, 2.05) is 6.07 Å². The van der Waals surface area contributed by atoms with E-state index in [9.17, 15) is 39.5 Å². The Hall–Kier alpha value is -4.00. The second-order valence-corrected chi connectivity index (χ2v) is 13.3. The van der Waals surface area contributed by atoms with Crippen molar-refractivity contribution in [3.63, 3.8) is 0 Å². The monoisotopic (exact) mass is 693 g/mol. The molecule has 1 unspecified atom stereocenters. The van der Waals surface area contributed by atoms with Crippen LogP contribution >= 0.6 is 0 Å². The first kappa shape index (κ1) is 33.5. The number of halogens is 9. The fourth-order valence-corrected chi connectivity index (χ4v) is 8.39. The maximum absolute atomic E-state index is 13.8. The fraction of sp³-hybridized carbons (Fsp3) is 0.417. The number of ether oxygens (including phenoxy) is 1. The molecule has 13 heteroatoms. The lowest BCUT2D eigenvalue weighted by molar-refractivity contribution is -0.143. The van der Waals surface area contributed by atoms with Gasteiger partial charge in [0.2, 0.25) is 0 Å². The predicted octanol–water partition coefficient (Wildman–Crippen LogP) is 9.86. The van der Waals surface area contributed by atoms with Crippen molar-refractivity contribution in [2.75, 3.05) is 13.7 Å². The van der Waals surface area contributed by atoms with Crippen molar-refractivity contribution in [3.8, 4) is 22.7 Å². The van der Waals surface area contributed by atoms with Gasteiger partial charge >= 0.3 is 18.5 Å². The van der Waals surface area contributed by atoms with Gasteiger partial charge in [-0.2, -0.15) is 44.6 Å². The summed E-state index contributed by atoms with van der Waals surface area (Å²) in [4.78, 5) is 2.46. The lowest BCUT2D eigenvalue weighted by Crippen LogP contribution is -2.60. The van der Waals surface area contributed by atoms with Crippen LogP contribution in [0.2, 0.25) is 0 Å². The molecule has 1 saturated carbocycles. The van der Waals surface area contributed by atoms with Gasteiger partial charge in [-0.1, -0.05) is 43.2 Å². The topological polar surface area (TPSA) is 30.3 Å². The van der Waals surface area contributed by atoms with Crippen molar-refractivity contribution in [2.45, 2.75) is 75.1 Å².